The molecule has 0 aliphatic heterocycles. The molecule has 0 bridgehead atoms. The molecular formula is C12H15ClN4. The van der Waals surface area contributed by atoms with Crippen molar-refractivity contribution in [2.45, 2.75) is 31.7 Å². The van der Waals surface area contributed by atoms with E-state index in [1.165, 1.54) is 0 Å². The molecule has 0 aliphatic carbocycles. The van der Waals surface area contributed by atoms with Gasteiger partial charge < -0.3 is 5.32 Å². The zero-order valence-electron chi connectivity index (χ0n) is 10.1. The minimum atomic E-state index is -0.232. The molecule has 5 heteroatoms. The Morgan fingerprint density at radius 1 is 1.24 bits per heavy atom. The normalized spacial score (nSPS) is 13.6. The smallest absolute Gasteiger partial charge is 0.180 e. The SMILES string of the molecule is CC(Cl)C(C)(C)Nc1ccc2nccnc2n1. The van der Waals surface area contributed by atoms with Gasteiger partial charge in [0.05, 0.1) is 5.38 Å². The van der Waals surface area contributed by atoms with Crippen LogP contribution in [-0.2, 0) is 0 Å². The Hall–Kier alpha value is -1.42. The number of aromatic nitrogens is 3. The van der Waals surface area contributed by atoms with Gasteiger partial charge in [-0.15, -0.1) is 11.6 Å². The lowest BCUT2D eigenvalue weighted by molar-refractivity contribution is 0.553. The summed E-state index contributed by atoms with van der Waals surface area (Å²) in [6.07, 6.45) is 3.29. The number of pyridine rings is 1. The van der Waals surface area contributed by atoms with E-state index in [0.717, 1.165) is 11.3 Å². The molecule has 2 heterocycles. The summed E-state index contributed by atoms with van der Waals surface area (Å²) in [5, 5.41) is 3.29. The predicted molar refractivity (Wildman–Crippen MR) is 70.3 cm³/mol. The third kappa shape index (κ3) is 2.64. The molecular weight excluding hydrogens is 236 g/mol. The molecule has 1 unspecified atom stereocenters. The Kier molecular flexibility index (Phi) is 3.15. The van der Waals surface area contributed by atoms with Gasteiger partial charge in [0.1, 0.15) is 11.3 Å². The minimum absolute atomic E-state index is 0.0122. The van der Waals surface area contributed by atoms with Crippen molar-refractivity contribution in [2.75, 3.05) is 5.32 Å². The fourth-order valence-corrected chi connectivity index (χ4v) is 1.41. The number of nitrogens with zero attached hydrogens (tertiary/aromatic N) is 3. The van der Waals surface area contributed by atoms with E-state index in [1.807, 2.05) is 32.9 Å². The Balaban J connectivity index is 2.31. The molecule has 90 valence electrons. The number of anilines is 1. The number of alkyl halides is 1. The van der Waals surface area contributed by atoms with Gasteiger partial charge in [-0.1, -0.05) is 0 Å². The summed E-state index contributed by atoms with van der Waals surface area (Å²) in [5.41, 5.74) is 1.19. The quantitative estimate of drug-likeness (QED) is 0.851. The van der Waals surface area contributed by atoms with Crippen LogP contribution < -0.4 is 5.32 Å². The molecule has 0 aromatic carbocycles. The first-order chi connectivity index (χ1) is 7.99. The highest BCUT2D eigenvalue weighted by Gasteiger charge is 2.24. The molecule has 0 amide bonds. The highest BCUT2D eigenvalue weighted by atomic mass is 35.5. The topological polar surface area (TPSA) is 50.7 Å². The van der Waals surface area contributed by atoms with Gasteiger partial charge in [0, 0.05) is 17.9 Å². The second kappa shape index (κ2) is 4.45. The average Bonchev–Trinajstić information content (AvgIpc) is 2.28. The van der Waals surface area contributed by atoms with E-state index in [-0.39, 0.29) is 10.9 Å². The highest BCUT2D eigenvalue weighted by Crippen LogP contribution is 2.21. The van der Waals surface area contributed by atoms with E-state index in [4.69, 9.17) is 11.6 Å². The lowest BCUT2D eigenvalue weighted by Crippen LogP contribution is -2.39. The van der Waals surface area contributed by atoms with Crippen LogP contribution in [0.3, 0.4) is 0 Å². The number of rotatable bonds is 3. The first kappa shape index (κ1) is 12.0. The van der Waals surface area contributed by atoms with Crippen LogP contribution in [0.4, 0.5) is 5.82 Å². The third-order valence-electron chi connectivity index (χ3n) is 2.78. The molecule has 0 radical (unpaired) electrons. The number of nitrogens with one attached hydrogen (secondary N) is 1. The zero-order chi connectivity index (χ0) is 12.5. The van der Waals surface area contributed by atoms with Gasteiger partial charge in [-0.2, -0.15) is 0 Å². The molecule has 0 saturated heterocycles. The molecule has 4 nitrogen and oxygen atoms in total. The van der Waals surface area contributed by atoms with Crippen molar-refractivity contribution in [3.63, 3.8) is 0 Å². The van der Waals surface area contributed by atoms with Crippen molar-refractivity contribution >= 4 is 28.6 Å². The van der Waals surface area contributed by atoms with Crippen LogP contribution in [-0.4, -0.2) is 25.9 Å². The van der Waals surface area contributed by atoms with Crippen molar-refractivity contribution in [1.29, 1.82) is 0 Å². The summed E-state index contributed by atoms with van der Waals surface area (Å²) in [6.45, 7) is 6.02. The van der Waals surface area contributed by atoms with Crippen LogP contribution in [0.15, 0.2) is 24.5 Å². The van der Waals surface area contributed by atoms with Crippen LogP contribution in [0, 0.1) is 0 Å². The second-order valence-electron chi connectivity index (χ2n) is 4.56. The fraction of sp³-hybridized carbons (Fsp3) is 0.417. The van der Waals surface area contributed by atoms with Gasteiger partial charge in [-0.05, 0) is 32.9 Å². The van der Waals surface area contributed by atoms with Gasteiger partial charge in [-0.25, -0.2) is 9.97 Å². The molecule has 1 N–H and O–H groups in total. The number of hydrogen-bond donors (Lipinski definition) is 1. The van der Waals surface area contributed by atoms with Gasteiger partial charge in [0.2, 0.25) is 0 Å². The fourth-order valence-electron chi connectivity index (χ4n) is 1.35. The highest BCUT2D eigenvalue weighted by molar-refractivity contribution is 6.21. The van der Waals surface area contributed by atoms with E-state index >= 15 is 0 Å². The number of fused-ring (bicyclic) bond motifs is 1. The first-order valence-corrected chi connectivity index (χ1v) is 5.93. The first-order valence-electron chi connectivity index (χ1n) is 5.49. The van der Waals surface area contributed by atoms with Crippen molar-refractivity contribution < 1.29 is 0 Å². The standard InChI is InChI=1S/C12H15ClN4/c1-8(13)12(2,3)17-10-5-4-9-11(16-10)15-7-6-14-9/h4-8H,1-3H3,(H,15,16,17). The average molecular weight is 251 g/mol. The Morgan fingerprint density at radius 2 is 1.94 bits per heavy atom. The summed E-state index contributed by atoms with van der Waals surface area (Å²) in [5.74, 6) is 0.760. The molecule has 0 spiro atoms. The monoisotopic (exact) mass is 250 g/mol. The summed E-state index contributed by atoms with van der Waals surface area (Å²) in [7, 11) is 0. The van der Waals surface area contributed by atoms with Crippen molar-refractivity contribution in [2.24, 2.45) is 0 Å². The molecule has 2 aromatic rings. The Bertz CT molecular complexity index is 525. The summed E-state index contributed by atoms with van der Waals surface area (Å²) < 4.78 is 0. The molecule has 0 aliphatic rings. The molecule has 2 aromatic heterocycles. The molecule has 2 rings (SSSR count). The molecule has 17 heavy (non-hydrogen) atoms. The maximum atomic E-state index is 6.12. The van der Waals surface area contributed by atoms with Crippen LogP contribution >= 0.6 is 11.6 Å². The van der Waals surface area contributed by atoms with E-state index in [1.54, 1.807) is 12.4 Å². The number of hydrogen-bond acceptors (Lipinski definition) is 4. The van der Waals surface area contributed by atoms with E-state index < -0.39 is 0 Å². The van der Waals surface area contributed by atoms with Crippen LogP contribution in [0.2, 0.25) is 0 Å². The van der Waals surface area contributed by atoms with Crippen molar-refractivity contribution in [1.82, 2.24) is 15.0 Å². The third-order valence-corrected chi connectivity index (χ3v) is 3.32. The van der Waals surface area contributed by atoms with E-state index in [0.29, 0.717) is 5.65 Å². The molecule has 0 saturated carbocycles. The Morgan fingerprint density at radius 3 is 2.65 bits per heavy atom. The van der Waals surface area contributed by atoms with Crippen LogP contribution in [0.5, 0.6) is 0 Å². The maximum Gasteiger partial charge on any atom is 0.180 e. The minimum Gasteiger partial charge on any atom is -0.364 e. The van der Waals surface area contributed by atoms with Gasteiger partial charge in [0.25, 0.3) is 0 Å². The van der Waals surface area contributed by atoms with Gasteiger partial charge in [-0.3, -0.25) is 4.98 Å². The van der Waals surface area contributed by atoms with Crippen molar-refractivity contribution in [3.8, 4) is 0 Å². The summed E-state index contributed by atoms with van der Waals surface area (Å²) in [4.78, 5) is 12.7. The Labute approximate surface area is 105 Å². The second-order valence-corrected chi connectivity index (χ2v) is 5.21. The molecule has 1 atom stereocenters. The summed E-state index contributed by atoms with van der Waals surface area (Å²) >= 11 is 6.12. The van der Waals surface area contributed by atoms with Crippen molar-refractivity contribution in [3.05, 3.63) is 24.5 Å². The zero-order valence-corrected chi connectivity index (χ0v) is 10.9. The van der Waals surface area contributed by atoms with Crippen LogP contribution in [0.25, 0.3) is 11.2 Å². The van der Waals surface area contributed by atoms with E-state index in [2.05, 4.69) is 20.3 Å². The largest absolute Gasteiger partial charge is 0.364 e. The van der Waals surface area contributed by atoms with Crippen LogP contribution in [0.1, 0.15) is 20.8 Å². The van der Waals surface area contributed by atoms with E-state index in [9.17, 15) is 0 Å². The lowest BCUT2D eigenvalue weighted by atomic mass is 10.0. The van der Waals surface area contributed by atoms with Gasteiger partial charge >= 0.3 is 0 Å². The maximum absolute atomic E-state index is 6.12. The molecule has 0 fully saturated rings. The predicted octanol–water partition coefficient (Wildman–Crippen LogP) is 2.84. The van der Waals surface area contributed by atoms with Gasteiger partial charge in [0.15, 0.2) is 5.65 Å². The number of halogens is 1. The summed E-state index contributed by atoms with van der Waals surface area (Å²) in [6, 6.07) is 3.78. The lowest BCUT2D eigenvalue weighted by Gasteiger charge is -2.29.